The highest BCUT2D eigenvalue weighted by atomic mass is 35.5. The first-order valence-electron chi connectivity index (χ1n) is 8.44. The lowest BCUT2D eigenvalue weighted by Gasteiger charge is -2.34. The Bertz CT molecular complexity index is 452. The summed E-state index contributed by atoms with van der Waals surface area (Å²) in [6.07, 6.45) is -0.437. The number of hydrogen-bond acceptors (Lipinski definition) is 4. The molecule has 1 fully saturated rings. The molecule has 0 bridgehead atoms. The van der Waals surface area contributed by atoms with Crippen LogP contribution in [0.4, 0.5) is 0 Å². The minimum absolute atomic E-state index is 0. The average Bonchev–Trinajstić information content (AvgIpc) is 2.54. The van der Waals surface area contributed by atoms with Gasteiger partial charge in [-0.2, -0.15) is 0 Å². The number of halogens is 2. The van der Waals surface area contributed by atoms with Crippen LogP contribution in [0.3, 0.4) is 0 Å². The van der Waals surface area contributed by atoms with E-state index in [9.17, 15) is 5.11 Å². The maximum atomic E-state index is 10.2. The number of benzene rings is 1. The van der Waals surface area contributed by atoms with E-state index in [0.717, 1.165) is 38.5 Å². The van der Waals surface area contributed by atoms with Crippen LogP contribution in [0.1, 0.15) is 32.3 Å². The molecule has 1 unspecified atom stereocenters. The van der Waals surface area contributed by atoms with E-state index in [-0.39, 0.29) is 24.8 Å². The molecule has 24 heavy (non-hydrogen) atoms. The molecule has 0 spiro atoms. The van der Waals surface area contributed by atoms with Crippen LogP contribution in [0.5, 0.6) is 5.75 Å². The smallest absolute Gasteiger partial charge is 0.122 e. The molecule has 0 saturated carbocycles. The molecule has 140 valence electrons. The summed E-state index contributed by atoms with van der Waals surface area (Å²) in [6, 6.07) is 8.10. The van der Waals surface area contributed by atoms with Crippen molar-refractivity contribution in [2.24, 2.45) is 0 Å². The zero-order valence-electron chi connectivity index (χ0n) is 15.0. The number of hydrogen-bond donors (Lipinski definition) is 1. The van der Waals surface area contributed by atoms with Gasteiger partial charge in [0, 0.05) is 32.7 Å². The minimum atomic E-state index is -0.437. The van der Waals surface area contributed by atoms with Crippen LogP contribution in [-0.4, -0.2) is 66.9 Å². The lowest BCUT2D eigenvalue weighted by molar-refractivity contribution is 0.0468. The van der Waals surface area contributed by atoms with Gasteiger partial charge in [-0.1, -0.05) is 39.0 Å². The van der Waals surface area contributed by atoms with Gasteiger partial charge in [0.15, 0.2) is 0 Å². The summed E-state index contributed by atoms with van der Waals surface area (Å²) in [4.78, 5) is 4.77. The monoisotopic (exact) mass is 378 g/mol. The Balaban J connectivity index is 0.00000264. The third kappa shape index (κ3) is 7.16. The van der Waals surface area contributed by atoms with Crippen LogP contribution >= 0.6 is 24.8 Å². The normalized spacial score (nSPS) is 17.0. The van der Waals surface area contributed by atoms with Gasteiger partial charge >= 0.3 is 0 Å². The largest absolute Gasteiger partial charge is 0.491 e. The zero-order chi connectivity index (χ0) is 15.9. The van der Waals surface area contributed by atoms with Gasteiger partial charge < -0.3 is 14.7 Å². The first kappa shape index (κ1) is 23.5. The summed E-state index contributed by atoms with van der Waals surface area (Å²) < 4.78 is 5.86. The van der Waals surface area contributed by atoms with Gasteiger partial charge in [0.25, 0.3) is 0 Å². The number of likely N-dealkylation sites (N-methyl/N-ethyl adjacent to an activating group) is 1. The van der Waals surface area contributed by atoms with E-state index < -0.39 is 6.10 Å². The predicted molar refractivity (Wildman–Crippen MR) is 105 cm³/mol. The van der Waals surface area contributed by atoms with Gasteiger partial charge in [-0.25, -0.2) is 0 Å². The topological polar surface area (TPSA) is 35.9 Å². The molecule has 1 heterocycles. The Morgan fingerprint density at radius 1 is 1.04 bits per heavy atom. The average molecular weight is 379 g/mol. The molecule has 0 aromatic heterocycles. The van der Waals surface area contributed by atoms with Gasteiger partial charge in [-0.15, -0.1) is 24.8 Å². The molecule has 1 aliphatic heterocycles. The van der Waals surface area contributed by atoms with Crippen LogP contribution < -0.4 is 4.74 Å². The number of nitrogens with zero attached hydrogens (tertiary/aromatic N) is 2. The van der Waals surface area contributed by atoms with Crippen molar-refractivity contribution in [1.29, 1.82) is 0 Å². The fourth-order valence-electron chi connectivity index (χ4n) is 2.91. The minimum Gasteiger partial charge on any atom is -0.491 e. The molecule has 0 amide bonds. The summed E-state index contributed by atoms with van der Waals surface area (Å²) in [5, 5.41) is 10.2. The van der Waals surface area contributed by atoms with Crippen LogP contribution in [0.15, 0.2) is 24.3 Å². The van der Waals surface area contributed by atoms with Crippen LogP contribution in [0, 0.1) is 0 Å². The maximum Gasteiger partial charge on any atom is 0.122 e. The van der Waals surface area contributed by atoms with Gasteiger partial charge in [-0.05, 0) is 24.1 Å². The molecule has 6 heteroatoms. The number of rotatable bonds is 7. The fourth-order valence-corrected chi connectivity index (χ4v) is 2.91. The number of β-amino-alcohol motifs (C(OH)–C–C–N with tert-alkyl or cyclic N) is 1. The third-order valence-corrected chi connectivity index (χ3v) is 4.35. The lowest BCUT2D eigenvalue weighted by atomic mass is 10.0. The summed E-state index contributed by atoms with van der Waals surface area (Å²) in [5.41, 5.74) is 1.20. The second-order valence-corrected chi connectivity index (χ2v) is 6.39. The highest BCUT2D eigenvalue weighted by Crippen LogP contribution is 2.25. The maximum absolute atomic E-state index is 10.2. The van der Waals surface area contributed by atoms with E-state index >= 15 is 0 Å². The van der Waals surface area contributed by atoms with Crippen molar-refractivity contribution >= 4 is 24.8 Å². The van der Waals surface area contributed by atoms with E-state index in [2.05, 4.69) is 36.6 Å². The SMILES string of the molecule is CCN1CCN(CC(O)COc2ccccc2C(C)C)CC1.Cl.Cl. The van der Waals surface area contributed by atoms with Crippen molar-refractivity contribution in [3.63, 3.8) is 0 Å². The first-order valence-corrected chi connectivity index (χ1v) is 8.44. The number of aliphatic hydroxyl groups excluding tert-OH is 1. The third-order valence-electron chi connectivity index (χ3n) is 4.35. The van der Waals surface area contributed by atoms with Crippen molar-refractivity contribution in [2.75, 3.05) is 45.9 Å². The molecule has 2 rings (SSSR count). The van der Waals surface area contributed by atoms with E-state index in [4.69, 9.17) is 4.74 Å². The van der Waals surface area contributed by atoms with Crippen molar-refractivity contribution in [2.45, 2.75) is 32.8 Å². The number of ether oxygens (including phenoxy) is 1. The summed E-state index contributed by atoms with van der Waals surface area (Å²) in [5.74, 6) is 1.32. The Hall–Kier alpha value is -0.520. The molecule has 1 atom stereocenters. The Morgan fingerprint density at radius 3 is 2.21 bits per heavy atom. The van der Waals surface area contributed by atoms with Gasteiger partial charge in [0.05, 0.1) is 0 Å². The predicted octanol–water partition coefficient (Wildman–Crippen LogP) is 3.03. The fraction of sp³-hybridized carbons (Fsp3) is 0.667. The van der Waals surface area contributed by atoms with Crippen molar-refractivity contribution in [1.82, 2.24) is 9.80 Å². The van der Waals surface area contributed by atoms with Crippen LogP contribution in [0.2, 0.25) is 0 Å². The molecular formula is C18H32Cl2N2O2. The molecule has 1 aromatic rings. The van der Waals surface area contributed by atoms with Crippen LogP contribution in [-0.2, 0) is 0 Å². The lowest BCUT2D eigenvalue weighted by Crippen LogP contribution is -2.49. The van der Waals surface area contributed by atoms with Gasteiger partial charge in [-0.3, -0.25) is 4.90 Å². The first-order chi connectivity index (χ1) is 10.6. The molecule has 1 aliphatic rings. The van der Waals surface area contributed by atoms with Crippen LogP contribution in [0.25, 0.3) is 0 Å². The van der Waals surface area contributed by atoms with Crippen molar-refractivity contribution < 1.29 is 9.84 Å². The molecule has 1 N–H and O–H groups in total. The Kier molecular flexibility index (Phi) is 11.7. The zero-order valence-corrected chi connectivity index (χ0v) is 16.6. The molecule has 1 aromatic carbocycles. The number of para-hydroxylation sites is 1. The van der Waals surface area contributed by atoms with E-state index in [1.54, 1.807) is 0 Å². The molecule has 1 saturated heterocycles. The standard InChI is InChI=1S/C18H30N2O2.2ClH/c1-4-19-9-11-20(12-10-19)13-16(21)14-22-18-8-6-5-7-17(18)15(2)3;;/h5-8,15-16,21H,4,9-14H2,1-3H3;2*1H. The van der Waals surface area contributed by atoms with E-state index in [1.807, 2.05) is 18.2 Å². The molecule has 0 radical (unpaired) electrons. The molecule has 4 nitrogen and oxygen atoms in total. The van der Waals surface area contributed by atoms with Crippen molar-refractivity contribution in [3.05, 3.63) is 29.8 Å². The van der Waals surface area contributed by atoms with E-state index in [0.29, 0.717) is 19.1 Å². The van der Waals surface area contributed by atoms with Gasteiger partial charge in [0.2, 0.25) is 0 Å². The highest BCUT2D eigenvalue weighted by Gasteiger charge is 2.18. The quantitative estimate of drug-likeness (QED) is 0.790. The second kappa shape index (κ2) is 11.9. The summed E-state index contributed by atoms with van der Waals surface area (Å²) in [7, 11) is 0. The summed E-state index contributed by atoms with van der Waals surface area (Å²) in [6.45, 7) is 13.0. The number of aliphatic hydroxyl groups is 1. The van der Waals surface area contributed by atoms with E-state index in [1.165, 1.54) is 5.56 Å². The molecule has 0 aliphatic carbocycles. The Morgan fingerprint density at radius 2 is 1.62 bits per heavy atom. The highest BCUT2D eigenvalue weighted by molar-refractivity contribution is 5.85. The molecular weight excluding hydrogens is 347 g/mol. The van der Waals surface area contributed by atoms with Crippen molar-refractivity contribution in [3.8, 4) is 5.75 Å². The summed E-state index contributed by atoms with van der Waals surface area (Å²) >= 11 is 0. The van der Waals surface area contributed by atoms with Gasteiger partial charge in [0.1, 0.15) is 18.5 Å². The number of piperazine rings is 1. The Labute approximate surface area is 159 Å². The second-order valence-electron chi connectivity index (χ2n) is 6.39.